The molecule has 0 saturated heterocycles. The van der Waals surface area contributed by atoms with Crippen LogP contribution >= 0.6 is 0 Å². The number of fused-ring (bicyclic) bond motifs is 1. The molecule has 2 amide bonds. The zero-order valence-electron chi connectivity index (χ0n) is 25.6. The maximum absolute atomic E-state index is 14.0. The molecule has 4 saturated carbocycles. The van der Waals surface area contributed by atoms with Crippen LogP contribution in [0.25, 0.3) is 10.9 Å². The van der Waals surface area contributed by atoms with Crippen LogP contribution in [-0.2, 0) is 30.2 Å². The lowest BCUT2D eigenvalue weighted by Gasteiger charge is -2.53. The SMILES string of the molecule is COC(=O)CCO[C@@H](CNC(=O)[C@@](C)(Cc1c[nH]c2ccccc12)NC(=O)OC1C2CC3CC(C2)CC1C3)c1ccccc1. The van der Waals surface area contributed by atoms with E-state index in [4.69, 9.17) is 14.2 Å². The predicted molar refractivity (Wildman–Crippen MR) is 166 cm³/mol. The van der Waals surface area contributed by atoms with Gasteiger partial charge in [0.05, 0.1) is 26.2 Å². The molecule has 1 heterocycles. The van der Waals surface area contributed by atoms with Gasteiger partial charge in [-0.15, -0.1) is 0 Å². The van der Waals surface area contributed by atoms with Gasteiger partial charge in [-0.3, -0.25) is 9.59 Å². The Morgan fingerprint density at radius 2 is 1.64 bits per heavy atom. The van der Waals surface area contributed by atoms with E-state index in [1.807, 2.05) is 60.8 Å². The molecule has 4 aliphatic rings. The van der Waals surface area contributed by atoms with Gasteiger partial charge in [0.2, 0.25) is 5.91 Å². The molecule has 0 unspecified atom stereocenters. The average molecular weight is 602 g/mol. The van der Waals surface area contributed by atoms with Crippen molar-refractivity contribution in [2.24, 2.45) is 23.7 Å². The molecule has 4 aliphatic carbocycles. The van der Waals surface area contributed by atoms with Crippen molar-refractivity contribution >= 4 is 28.9 Å². The molecule has 9 heteroatoms. The summed E-state index contributed by atoms with van der Waals surface area (Å²) >= 11 is 0. The number of rotatable bonds is 12. The Hall–Kier alpha value is -3.85. The van der Waals surface area contributed by atoms with E-state index in [2.05, 4.69) is 15.6 Å². The van der Waals surface area contributed by atoms with Crippen LogP contribution < -0.4 is 10.6 Å². The molecule has 1 aromatic heterocycles. The van der Waals surface area contributed by atoms with Crippen LogP contribution in [0.3, 0.4) is 0 Å². The van der Waals surface area contributed by atoms with Gasteiger partial charge in [-0.1, -0.05) is 48.5 Å². The fourth-order valence-electron chi connectivity index (χ4n) is 7.99. The van der Waals surface area contributed by atoms with E-state index in [-0.39, 0.29) is 44.0 Å². The normalized spacial score (nSPS) is 25.6. The molecule has 2 aromatic carbocycles. The zero-order chi connectivity index (χ0) is 30.7. The highest BCUT2D eigenvalue weighted by Gasteiger charge is 2.50. The standard InChI is InChI=1S/C35H43N3O6/c1-35(19-27-20-36-29-11-7-6-10-28(27)29,38-34(41)44-32-25-15-22-14-23(17-25)18-26(32)16-22)33(40)37-21-30(24-8-4-3-5-9-24)43-13-12-31(39)42-2/h3-11,20,22-23,25-26,30,32,36H,12-19,21H2,1-2H3,(H,37,40)(H,38,41)/t22?,23?,25?,26?,30-,32?,35+/m0/s1. The van der Waals surface area contributed by atoms with E-state index in [1.54, 1.807) is 6.92 Å². The number of benzene rings is 2. The lowest BCUT2D eigenvalue weighted by molar-refractivity contribution is -0.142. The van der Waals surface area contributed by atoms with Gasteiger partial charge < -0.3 is 29.8 Å². The number of alkyl carbamates (subject to hydrolysis) is 1. The van der Waals surface area contributed by atoms with Crippen LogP contribution in [-0.4, -0.2) is 54.9 Å². The second kappa shape index (κ2) is 13.0. The van der Waals surface area contributed by atoms with Crippen LogP contribution in [0, 0.1) is 23.7 Å². The van der Waals surface area contributed by atoms with Crippen molar-refractivity contribution in [1.29, 1.82) is 0 Å². The number of carbonyl (C=O) groups excluding carboxylic acids is 3. The van der Waals surface area contributed by atoms with Crippen molar-refractivity contribution in [3.63, 3.8) is 0 Å². The van der Waals surface area contributed by atoms with E-state index < -0.39 is 17.7 Å². The highest BCUT2D eigenvalue weighted by atomic mass is 16.6. The number of nitrogens with one attached hydrogen (secondary N) is 3. The minimum atomic E-state index is -1.30. The molecule has 234 valence electrons. The maximum atomic E-state index is 14.0. The number of para-hydroxylation sites is 1. The van der Waals surface area contributed by atoms with E-state index in [1.165, 1.54) is 13.5 Å². The minimum absolute atomic E-state index is 0.0890. The first-order chi connectivity index (χ1) is 21.3. The van der Waals surface area contributed by atoms with Crippen LogP contribution in [0.15, 0.2) is 60.8 Å². The number of amides is 2. The number of hydrogen-bond donors (Lipinski definition) is 3. The van der Waals surface area contributed by atoms with E-state index in [0.717, 1.165) is 59.5 Å². The van der Waals surface area contributed by atoms with Crippen LogP contribution in [0.5, 0.6) is 0 Å². The zero-order valence-corrected chi connectivity index (χ0v) is 25.6. The van der Waals surface area contributed by atoms with Gasteiger partial charge in [0.25, 0.3) is 0 Å². The molecule has 9 nitrogen and oxygen atoms in total. The first-order valence-corrected chi connectivity index (χ1v) is 15.9. The number of aromatic amines is 1. The van der Waals surface area contributed by atoms with Gasteiger partial charge >= 0.3 is 12.1 Å². The summed E-state index contributed by atoms with van der Waals surface area (Å²) < 4.78 is 16.9. The summed E-state index contributed by atoms with van der Waals surface area (Å²) in [6.45, 7) is 2.04. The highest BCUT2D eigenvalue weighted by Crippen LogP contribution is 2.54. The lowest BCUT2D eigenvalue weighted by Crippen LogP contribution is -2.60. The monoisotopic (exact) mass is 601 g/mol. The third kappa shape index (κ3) is 6.62. The summed E-state index contributed by atoms with van der Waals surface area (Å²) in [7, 11) is 1.34. The molecular weight excluding hydrogens is 558 g/mol. The molecular formula is C35H43N3O6. The van der Waals surface area contributed by atoms with Gasteiger partial charge in [0.1, 0.15) is 11.6 Å². The Kier molecular flexibility index (Phi) is 8.93. The number of ether oxygens (including phenoxy) is 3. The van der Waals surface area contributed by atoms with E-state index in [0.29, 0.717) is 11.8 Å². The summed E-state index contributed by atoms with van der Waals surface area (Å²) in [4.78, 5) is 42.5. The molecule has 3 aromatic rings. The number of carbonyl (C=O) groups is 3. The second-order valence-electron chi connectivity index (χ2n) is 13.1. The molecule has 44 heavy (non-hydrogen) atoms. The van der Waals surface area contributed by atoms with Crippen LogP contribution in [0.2, 0.25) is 0 Å². The summed E-state index contributed by atoms with van der Waals surface area (Å²) in [6.07, 6.45) is 6.98. The van der Waals surface area contributed by atoms with Gasteiger partial charge in [-0.05, 0) is 79.9 Å². The molecule has 2 atom stereocenters. The topological polar surface area (TPSA) is 119 Å². The number of methoxy groups -OCH3 is 1. The van der Waals surface area contributed by atoms with Crippen molar-refractivity contribution in [3.8, 4) is 0 Å². The maximum Gasteiger partial charge on any atom is 0.408 e. The fourth-order valence-corrected chi connectivity index (χ4v) is 7.99. The van der Waals surface area contributed by atoms with E-state index >= 15 is 0 Å². The van der Waals surface area contributed by atoms with Crippen molar-refractivity contribution in [2.45, 2.75) is 69.6 Å². The largest absolute Gasteiger partial charge is 0.469 e. The van der Waals surface area contributed by atoms with Crippen LogP contribution in [0.4, 0.5) is 4.79 Å². The number of hydrogen-bond acceptors (Lipinski definition) is 6. The van der Waals surface area contributed by atoms with Gasteiger partial charge in [-0.25, -0.2) is 4.79 Å². The van der Waals surface area contributed by atoms with Crippen molar-refractivity contribution in [1.82, 2.24) is 15.6 Å². The minimum Gasteiger partial charge on any atom is -0.469 e. The summed E-state index contributed by atoms with van der Waals surface area (Å²) in [5, 5.41) is 7.03. The Balaban J connectivity index is 1.18. The summed E-state index contributed by atoms with van der Waals surface area (Å²) in [5.74, 6) is 1.66. The van der Waals surface area contributed by atoms with Crippen molar-refractivity contribution in [2.75, 3.05) is 20.3 Å². The first kappa shape index (κ1) is 30.2. The summed E-state index contributed by atoms with van der Waals surface area (Å²) in [6, 6.07) is 17.5. The molecule has 3 N–H and O–H groups in total. The fraction of sp³-hybridized carbons (Fsp3) is 0.514. The van der Waals surface area contributed by atoms with Crippen molar-refractivity contribution < 1.29 is 28.6 Å². The molecule has 4 bridgehead atoms. The summed E-state index contributed by atoms with van der Waals surface area (Å²) in [5.41, 5.74) is 1.44. The van der Waals surface area contributed by atoms with Crippen LogP contribution in [0.1, 0.15) is 62.7 Å². The Morgan fingerprint density at radius 3 is 2.34 bits per heavy atom. The number of H-pyrrole nitrogens is 1. The third-order valence-electron chi connectivity index (χ3n) is 9.95. The average Bonchev–Trinajstić information content (AvgIpc) is 3.42. The smallest absolute Gasteiger partial charge is 0.408 e. The van der Waals surface area contributed by atoms with Crippen molar-refractivity contribution in [3.05, 3.63) is 71.9 Å². The number of esters is 1. The Bertz CT molecular complexity index is 1440. The van der Waals surface area contributed by atoms with Gasteiger partial charge in [-0.2, -0.15) is 0 Å². The second-order valence-corrected chi connectivity index (χ2v) is 13.1. The first-order valence-electron chi connectivity index (χ1n) is 15.9. The van der Waals surface area contributed by atoms with Gasteiger partial charge in [0, 0.05) is 30.1 Å². The molecule has 0 spiro atoms. The van der Waals surface area contributed by atoms with Gasteiger partial charge in [0.15, 0.2) is 0 Å². The molecule has 7 rings (SSSR count). The molecule has 0 aliphatic heterocycles. The Labute approximate surface area is 258 Å². The molecule has 0 radical (unpaired) electrons. The highest BCUT2D eigenvalue weighted by molar-refractivity contribution is 5.91. The lowest BCUT2D eigenvalue weighted by atomic mass is 9.55. The Morgan fingerprint density at radius 1 is 0.955 bits per heavy atom. The quantitative estimate of drug-likeness (QED) is 0.238. The third-order valence-corrected chi connectivity index (χ3v) is 9.95. The number of aromatic nitrogens is 1. The molecule has 4 fully saturated rings. The predicted octanol–water partition coefficient (Wildman–Crippen LogP) is 5.46. The van der Waals surface area contributed by atoms with E-state index in [9.17, 15) is 14.4 Å².